The van der Waals surface area contributed by atoms with E-state index in [4.69, 9.17) is 4.74 Å². The lowest BCUT2D eigenvalue weighted by Gasteiger charge is -2.07. The molecule has 2 aromatic heterocycles. The Kier molecular flexibility index (Phi) is 3.74. The minimum Gasteiger partial charge on any atom is -0.476 e. The smallest absolute Gasteiger partial charge is 0.240 e. The number of benzene rings is 1. The average Bonchev–Trinajstić information content (AvgIpc) is 2.98. The van der Waals surface area contributed by atoms with Crippen LogP contribution in [0.5, 0.6) is 5.88 Å². The van der Waals surface area contributed by atoms with Gasteiger partial charge < -0.3 is 4.74 Å². The topological polar surface area (TPSA) is 35.0 Å². The van der Waals surface area contributed by atoms with Gasteiger partial charge in [0, 0.05) is 0 Å². The molecule has 3 nitrogen and oxygen atoms in total. The monoisotopic (exact) mass is 282 g/mol. The second kappa shape index (κ2) is 5.84. The third-order valence-electron chi connectivity index (χ3n) is 2.82. The first kappa shape index (κ1) is 12.8. The van der Waals surface area contributed by atoms with Crippen molar-refractivity contribution in [3.8, 4) is 5.88 Å². The predicted octanol–water partition coefficient (Wildman–Crippen LogP) is 4.26. The summed E-state index contributed by atoms with van der Waals surface area (Å²) in [5.41, 5.74) is 3.65. The summed E-state index contributed by atoms with van der Waals surface area (Å²) in [5.74, 6) is 0.581. The summed E-state index contributed by atoms with van der Waals surface area (Å²) in [7, 11) is 0. The Morgan fingerprint density at radius 2 is 1.90 bits per heavy atom. The summed E-state index contributed by atoms with van der Waals surface area (Å²) in [6, 6.07) is 9.88. The molecule has 0 saturated heterocycles. The van der Waals surface area contributed by atoms with E-state index in [0.717, 1.165) is 22.3 Å². The molecule has 4 heteroatoms. The number of hydrogen-bond acceptors (Lipinski definition) is 4. The molecule has 0 aliphatic carbocycles. The molecule has 3 aromatic rings. The van der Waals surface area contributed by atoms with Crippen LogP contribution in [0.1, 0.15) is 18.2 Å². The lowest BCUT2D eigenvalue weighted by molar-refractivity contribution is 0.326. The van der Waals surface area contributed by atoms with E-state index in [9.17, 15) is 0 Å². The number of rotatable bonds is 4. The van der Waals surface area contributed by atoms with Crippen LogP contribution in [-0.4, -0.2) is 16.6 Å². The molecule has 0 bridgehead atoms. The number of nitrogens with zero attached hydrogens (tertiary/aromatic N) is 2. The normalized spacial score (nSPS) is 11.2. The molecule has 3 rings (SSSR count). The van der Waals surface area contributed by atoms with E-state index < -0.39 is 0 Å². The standard InChI is InChI=1S/C16H14N2OS/c1-2-19-16-15(8-7-12-9-10-20-11-12)17-13-5-3-4-6-14(13)18-16/h3-11H,2H2,1H3/b8-7+. The summed E-state index contributed by atoms with van der Waals surface area (Å²) in [4.78, 5) is 9.15. The van der Waals surface area contributed by atoms with E-state index in [2.05, 4.69) is 26.8 Å². The van der Waals surface area contributed by atoms with Crippen LogP contribution in [0.3, 0.4) is 0 Å². The van der Waals surface area contributed by atoms with Crippen LogP contribution in [0.4, 0.5) is 0 Å². The van der Waals surface area contributed by atoms with Gasteiger partial charge in [0.1, 0.15) is 5.69 Å². The summed E-state index contributed by atoms with van der Waals surface area (Å²) < 4.78 is 5.59. The summed E-state index contributed by atoms with van der Waals surface area (Å²) in [5, 5.41) is 4.14. The second-order valence-corrected chi connectivity index (χ2v) is 5.01. The van der Waals surface area contributed by atoms with Gasteiger partial charge in [-0.25, -0.2) is 9.97 Å². The third-order valence-corrected chi connectivity index (χ3v) is 3.52. The first-order valence-corrected chi connectivity index (χ1v) is 7.41. The molecule has 2 heterocycles. The zero-order valence-electron chi connectivity index (χ0n) is 11.1. The molecule has 20 heavy (non-hydrogen) atoms. The molecule has 100 valence electrons. The van der Waals surface area contributed by atoms with Crippen molar-refractivity contribution in [1.82, 2.24) is 9.97 Å². The van der Waals surface area contributed by atoms with E-state index in [1.807, 2.05) is 43.3 Å². The van der Waals surface area contributed by atoms with Crippen LogP contribution in [0.15, 0.2) is 41.1 Å². The number of aromatic nitrogens is 2. The fourth-order valence-corrected chi connectivity index (χ4v) is 2.52. The Balaban J connectivity index is 2.04. The number of para-hydroxylation sites is 2. The Bertz CT molecular complexity index is 735. The molecule has 0 spiro atoms. The molecular weight excluding hydrogens is 268 g/mol. The van der Waals surface area contributed by atoms with Crippen LogP contribution in [0.25, 0.3) is 23.2 Å². The molecular formula is C16H14N2OS. The molecule has 1 aromatic carbocycles. The molecule has 0 atom stereocenters. The summed E-state index contributed by atoms with van der Waals surface area (Å²) in [6.07, 6.45) is 3.98. The molecule has 0 fully saturated rings. The number of thiophene rings is 1. The van der Waals surface area contributed by atoms with Crippen LogP contribution < -0.4 is 4.74 Å². The number of ether oxygens (including phenoxy) is 1. The van der Waals surface area contributed by atoms with E-state index >= 15 is 0 Å². The molecule has 0 saturated carbocycles. The third kappa shape index (κ3) is 2.70. The first-order valence-electron chi connectivity index (χ1n) is 6.46. The molecule has 0 unspecified atom stereocenters. The first-order chi connectivity index (χ1) is 9.86. The van der Waals surface area contributed by atoms with Crippen molar-refractivity contribution in [1.29, 1.82) is 0 Å². The van der Waals surface area contributed by atoms with Gasteiger partial charge in [-0.3, -0.25) is 0 Å². The maximum atomic E-state index is 5.59. The van der Waals surface area contributed by atoms with Gasteiger partial charge in [-0.15, -0.1) is 0 Å². The molecule has 0 aliphatic heterocycles. The van der Waals surface area contributed by atoms with Gasteiger partial charge in [-0.1, -0.05) is 18.2 Å². The van der Waals surface area contributed by atoms with Gasteiger partial charge in [-0.2, -0.15) is 11.3 Å². The molecule has 0 N–H and O–H groups in total. The largest absolute Gasteiger partial charge is 0.476 e. The Morgan fingerprint density at radius 3 is 2.60 bits per heavy atom. The van der Waals surface area contributed by atoms with E-state index in [0.29, 0.717) is 12.5 Å². The maximum absolute atomic E-state index is 5.59. The van der Waals surface area contributed by atoms with Crippen molar-refractivity contribution < 1.29 is 4.74 Å². The highest BCUT2D eigenvalue weighted by Gasteiger charge is 2.07. The van der Waals surface area contributed by atoms with Crippen molar-refractivity contribution in [2.75, 3.05) is 6.61 Å². The van der Waals surface area contributed by atoms with Crippen molar-refractivity contribution in [2.24, 2.45) is 0 Å². The Morgan fingerprint density at radius 1 is 1.10 bits per heavy atom. The highest BCUT2D eigenvalue weighted by molar-refractivity contribution is 7.08. The van der Waals surface area contributed by atoms with Gasteiger partial charge in [0.2, 0.25) is 5.88 Å². The Hall–Kier alpha value is -2.20. The van der Waals surface area contributed by atoms with Gasteiger partial charge in [0.15, 0.2) is 0 Å². The minimum absolute atomic E-state index is 0.576. The van der Waals surface area contributed by atoms with E-state index in [-0.39, 0.29) is 0 Å². The SMILES string of the molecule is CCOc1nc2ccccc2nc1/C=C/c1ccsc1. The van der Waals surface area contributed by atoms with Crippen molar-refractivity contribution in [3.63, 3.8) is 0 Å². The van der Waals surface area contributed by atoms with Crippen LogP contribution in [0, 0.1) is 0 Å². The summed E-state index contributed by atoms with van der Waals surface area (Å²) >= 11 is 1.67. The maximum Gasteiger partial charge on any atom is 0.240 e. The van der Waals surface area contributed by atoms with Gasteiger partial charge in [0.05, 0.1) is 17.6 Å². The van der Waals surface area contributed by atoms with E-state index in [1.54, 1.807) is 11.3 Å². The number of hydrogen-bond donors (Lipinski definition) is 0. The van der Waals surface area contributed by atoms with E-state index in [1.165, 1.54) is 0 Å². The molecule has 0 amide bonds. The highest BCUT2D eigenvalue weighted by atomic mass is 32.1. The fraction of sp³-hybridized carbons (Fsp3) is 0.125. The highest BCUT2D eigenvalue weighted by Crippen LogP contribution is 2.21. The van der Waals surface area contributed by atoms with Crippen molar-refractivity contribution in [3.05, 3.63) is 52.3 Å². The fourth-order valence-electron chi connectivity index (χ4n) is 1.89. The predicted molar refractivity (Wildman–Crippen MR) is 84.0 cm³/mol. The molecule has 0 radical (unpaired) electrons. The van der Waals surface area contributed by atoms with Crippen molar-refractivity contribution in [2.45, 2.75) is 6.92 Å². The van der Waals surface area contributed by atoms with Crippen LogP contribution in [-0.2, 0) is 0 Å². The molecule has 0 aliphatic rings. The quantitative estimate of drug-likeness (QED) is 0.717. The van der Waals surface area contributed by atoms with Gasteiger partial charge in [0.25, 0.3) is 0 Å². The van der Waals surface area contributed by atoms with Crippen molar-refractivity contribution >= 4 is 34.5 Å². The lowest BCUT2D eigenvalue weighted by atomic mass is 10.2. The Labute approximate surface area is 121 Å². The summed E-state index contributed by atoms with van der Waals surface area (Å²) in [6.45, 7) is 2.52. The lowest BCUT2D eigenvalue weighted by Crippen LogP contribution is -1.99. The second-order valence-electron chi connectivity index (χ2n) is 4.23. The minimum atomic E-state index is 0.576. The zero-order chi connectivity index (χ0) is 13.8. The van der Waals surface area contributed by atoms with Gasteiger partial charge >= 0.3 is 0 Å². The zero-order valence-corrected chi connectivity index (χ0v) is 11.9. The average molecular weight is 282 g/mol. The van der Waals surface area contributed by atoms with Gasteiger partial charge in [-0.05, 0) is 47.5 Å². The van der Waals surface area contributed by atoms with Crippen LogP contribution in [0.2, 0.25) is 0 Å². The van der Waals surface area contributed by atoms with Crippen LogP contribution >= 0.6 is 11.3 Å². The number of fused-ring (bicyclic) bond motifs is 1.